The van der Waals surface area contributed by atoms with Crippen LogP contribution in [0.2, 0.25) is 5.02 Å². The highest BCUT2D eigenvalue weighted by Gasteiger charge is 2.35. The summed E-state index contributed by atoms with van der Waals surface area (Å²) in [6.45, 7) is 6.38. The van der Waals surface area contributed by atoms with Crippen LogP contribution in [0.1, 0.15) is 35.4 Å². The highest BCUT2D eigenvalue weighted by molar-refractivity contribution is 7.13. The molecule has 1 N–H and O–H groups in total. The Kier molecular flexibility index (Phi) is 6.11. The molecule has 2 aromatic heterocycles. The van der Waals surface area contributed by atoms with Gasteiger partial charge in [0.25, 0.3) is 0 Å². The number of anilines is 1. The molecule has 162 valence electrons. The van der Waals surface area contributed by atoms with Crippen LogP contribution in [-0.4, -0.2) is 44.1 Å². The molecular formula is C22H24ClN5O2S. The minimum atomic E-state index is -0.469. The third-order valence-electron chi connectivity index (χ3n) is 5.71. The van der Waals surface area contributed by atoms with Gasteiger partial charge in [-0.2, -0.15) is 5.10 Å². The molecule has 4 rings (SSSR count). The maximum atomic E-state index is 13.2. The fraction of sp³-hybridized carbons (Fsp3) is 0.364. The van der Waals surface area contributed by atoms with E-state index in [0.717, 1.165) is 34.6 Å². The lowest BCUT2D eigenvalue weighted by atomic mass is 10.1. The van der Waals surface area contributed by atoms with Crippen molar-refractivity contribution in [2.24, 2.45) is 0 Å². The predicted octanol–water partition coefficient (Wildman–Crippen LogP) is 4.08. The van der Waals surface area contributed by atoms with E-state index in [1.165, 1.54) is 11.3 Å². The summed E-state index contributed by atoms with van der Waals surface area (Å²) in [5.41, 5.74) is 4.43. The molecule has 1 aromatic carbocycles. The quantitative estimate of drug-likeness (QED) is 0.626. The van der Waals surface area contributed by atoms with Crippen LogP contribution < -0.4 is 5.32 Å². The zero-order valence-electron chi connectivity index (χ0n) is 17.7. The molecule has 3 heterocycles. The molecule has 7 nitrogen and oxygen atoms in total. The maximum Gasteiger partial charge on any atom is 0.248 e. The summed E-state index contributed by atoms with van der Waals surface area (Å²) in [5.74, 6) is -0.247. The van der Waals surface area contributed by atoms with Crippen LogP contribution >= 0.6 is 22.9 Å². The molecule has 31 heavy (non-hydrogen) atoms. The highest BCUT2D eigenvalue weighted by atomic mass is 35.5. The van der Waals surface area contributed by atoms with Crippen molar-refractivity contribution in [3.63, 3.8) is 0 Å². The molecule has 1 aliphatic rings. The fourth-order valence-electron chi connectivity index (χ4n) is 3.96. The average Bonchev–Trinajstić information content (AvgIpc) is 3.47. The van der Waals surface area contributed by atoms with Crippen molar-refractivity contribution in [3.05, 3.63) is 57.3 Å². The number of hydrogen-bond donors (Lipinski definition) is 1. The summed E-state index contributed by atoms with van der Waals surface area (Å²) in [5, 5.41) is 10.5. The number of carbonyl (C=O) groups excluding carboxylic acids is 2. The molecule has 1 unspecified atom stereocenters. The van der Waals surface area contributed by atoms with E-state index in [1.807, 2.05) is 43.7 Å². The predicted molar refractivity (Wildman–Crippen MR) is 122 cm³/mol. The number of nitrogens with one attached hydrogen (secondary N) is 1. The monoisotopic (exact) mass is 457 g/mol. The Bertz CT molecular complexity index is 1130. The van der Waals surface area contributed by atoms with Crippen LogP contribution in [0, 0.1) is 20.8 Å². The number of aromatic nitrogens is 3. The summed E-state index contributed by atoms with van der Waals surface area (Å²) in [7, 11) is 0. The molecule has 3 aromatic rings. The zero-order chi connectivity index (χ0) is 22.1. The molecule has 0 radical (unpaired) electrons. The van der Waals surface area contributed by atoms with Gasteiger partial charge in [0, 0.05) is 34.4 Å². The number of carbonyl (C=O) groups is 2. The molecule has 0 spiro atoms. The molecular weight excluding hydrogens is 434 g/mol. The van der Waals surface area contributed by atoms with Crippen molar-refractivity contribution >= 4 is 39.9 Å². The van der Waals surface area contributed by atoms with Gasteiger partial charge in [0.1, 0.15) is 6.04 Å². The van der Waals surface area contributed by atoms with Gasteiger partial charge >= 0.3 is 0 Å². The van der Waals surface area contributed by atoms with E-state index in [2.05, 4.69) is 15.4 Å². The van der Waals surface area contributed by atoms with Gasteiger partial charge in [-0.15, -0.1) is 11.3 Å². The maximum absolute atomic E-state index is 13.2. The van der Waals surface area contributed by atoms with Crippen LogP contribution in [0.25, 0.3) is 5.69 Å². The van der Waals surface area contributed by atoms with Crippen molar-refractivity contribution in [1.82, 2.24) is 19.7 Å². The Balaban J connectivity index is 1.52. The molecule has 9 heteroatoms. The van der Waals surface area contributed by atoms with Gasteiger partial charge in [0.15, 0.2) is 5.13 Å². The summed E-state index contributed by atoms with van der Waals surface area (Å²) in [6.07, 6.45) is 3.31. The number of halogens is 1. The normalized spacial score (nSPS) is 16.0. The molecule has 1 aliphatic heterocycles. The Labute approximate surface area is 190 Å². The van der Waals surface area contributed by atoms with Gasteiger partial charge in [0.05, 0.1) is 17.8 Å². The van der Waals surface area contributed by atoms with E-state index in [0.29, 0.717) is 23.1 Å². The number of hydrogen-bond acceptors (Lipinski definition) is 5. The number of aryl methyl sites for hydroxylation is 2. The SMILES string of the molecule is Cc1ccc(-n2nc(C)c(CC(=O)N3CCCC3C(=O)Nc3nccs3)c2C)cc1Cl. The Morgan fingerprint density at radius 3 is 2.81 bits per heavy atom. The lowest BCUT2D eigenvalue weighted by Crippen LogP contribution is -2.43. The minimum Gasteiger partial charge on any atom is -0.330 e. The second kappa shape index (κ2) is 8.80. The van der Waals surface area contributed by atoms with Gasteiger partial charge in [-0.1, -0.05) is 17.7 Å². The topological polar surface area (TPSA) is 80.1 Å². The third-order valence-corrected chi connectivity index (χ3v) is 6.80. The highest BCUT2D eigenvalue weighted by Crippen LogP contribution is 2.25. The van der Waals surface area contributed by atoms with E-state index >= 15 is 0 Å². The third kappa shape index (κ3) is 4.36. The van der Waals surface area contributed by atoms with Crippen LogP contribution in [-0.2, 0) is 16.0 Å². The first kappa shape index (κ1) is 21.5. The molecule has 0 bridgehead atoms. The van der Waals surface area contributed by atoms with Gasteiger partial charge < -0.3 is 10.2 Å². The van der Waals surface area contributed by atoms with E-state index in [9.17, 15) is 9.59 Å². The largest absolute Gasteiger partial charge is 0.330 e. The summed E-state index contributed by atoms with van der Waals surface area (Å²) in [4.78, 5) is 31.6. The van der Waals surface area contributed by atoms with Crippen LogP contribution in [0.4, 0.5) is 5.13 Å². The second-order valence-corrected chi connectivity index (χ2v) is 9.04. The van der Waals surface area contributed by atoms with Gasteiger partial charge in [-0.05, 0) is 51.3 Å². The minimum absolute atomic E-state index is 0.0653. The molecule has 0 aliphatic carbocycles. The summed E-state index contributed by atoms with van der Waals surface area (Å²) in [6, 6.07) is 5.32. The first-order valence-corrected chi connectivity index (χ1v) is 11.4. The smallest absolute Gasteiger partial charge is 0.248 e. The molecule has 2 amide bonds. The lowest BCUT2D eigenvalue weighted by molar-refractivity contribution is -0.136. The number of rotatable bonds is 5. The average molecular weight is 458 g/mol. The molecule has 0 saturated carbocycles. The molecule has 1 fully saturated rings. The second-order valence-electron chi connectivity index (χ2n) is 7.74. The standard InChI is InChI=1S/C22H24ClN5O2S/c1-13-6-7-16(11-18(13)23)28-15(3)17(14(2)26-28)12-20(29)27-9-4-5-19(27)21(30)25-22-24-8-10-31-22/h6-8,10-11,19H,4-5,9,12H2,1-3H3,(H,24,25,30). The van der Waals surface area contributed by atoms with Gasteiger partial charge in [-0.25, -0.2) is 9.67 Å². The van der Waals surface area contributed by atoms with Crippen molar-refractivity contribution in [1.29, 1.82) is 0 Å². The fourth-order valence-corrected chi connectivity index (χ4v) is 4.67. The van der Waals surface area contributed by atoms with E-state index in [4.69, 9.17) is 11.6 Å². The van der Waals surface area contributed by atoms with Gasteiger partial charge in [-0.3, -0.25) is 9.59 Å². The van der Waals surface area contributed by atoms with Crippen molar-refractivity contribution in [2.45, 2.75) is 46.1 Å². The zero-order valence-corrected chi connectivity index (χ0v) is 19.3. The Hall–Kier alpha value is -2.71. The van der Waals surface area contributed by atoms with E-state index < -0.39 is 6.04 Å². The molecule has 1 saturated heterocycles. The molecule has 1 atom stereocenters. The number of amides is 2. The lowest BCUT2D eigenvalue weighted by Gasteiger charge is -2.23. The van der Waals surface area contributed by atoms with E-state index in [-0.39, 0.29) is 18.2 Å². The first-order chi connectivity index (χ1) is 14.8. The number of likely N-dealkylation sites (tertiary alicyclic amines) is 1. The van der Waals surface area contributed by atoms with Crippen LogP contribution in [0.15, 0.2) is 29.8 Å². The van der Waals surface area contributed by atoms with Crippen molar-refractivity contribution < 1.29 is 9.59 Å². The van der Waals surface area contributed by atoms with E-state index in [1.54, 1.807) is 16.5 Å². The number of thiazole rings is 1. The van der Waals surface area contributed by atoms with Crippen molar-refractivity contribution in [3.8, 4) is 5.69 Å². The van der Waals surface area contributed by atoms with Gasteiger partial charge in [0.2, 0.25) is 11.8 Å². The number of benzene rings is 1. The van der Waals surface area contributed by atoms with Crippen LogP contribution in [0.3, 0.4) is 0 Å². The van der Waals surface area contributed by atoms with Crippen molar-refractivity contribution in [2.75, 3.05) is 11.9 Å². The summed E-state index contributed by atoms with van der Waals surface area (Å²) >= 11 is 7.65. The van der Waals surface area contributed by atoms with Crippen LogP contribution in [0.5, 0.6) is 0 Å². The first-order valence-electron chi connectivity index (χ1n) is 10.2. The summed E-state index contributed by atoms with van der Waals surface area (Å²) < 4.78 is 1.82. The Morgan fingerprint density at radius 1 is 1.29 bits per heavy atom. The Morgan fingerprint density at radius 2 is 2.10 bits per heavy atom. The number of nitrogens with zero attached hydrogens (tertiary/aromatic N) is 4.